The van der Waals surface area contributed by atoms with E-state index >= 15 is 0 Å². The summed E-state index contributed by atoms with van der Waals surface area (Å²) in [6.07, 6.45) is 44.5. The van der Waals surface area contributed by atoms with Crippen molar-refractivity contribution in [3.8, 4) is 0 Å². The normalized spacial score (nSPS) is 12.7. The fourth-order valence-corrected chi connectivity index (χ4v) is 6.87. The van der Waals surface area contributed by atoms with Gasteiger partial charge >= 0.3 is 5.97 Å². The molecule has 0 amide bonds. The number of hydrogen-bond acceptors (Lipinski definition) is 1. The van der Waals surface area contributed by atoms with Gasteiger partial charge in [-0.3, -0.25) is 4.79 Å². The Kier molecular flexibility index (Phi) is 31.5. The largest absolute Gasteiger partial charge is 0.481 e. The van der Waals surface area contributed by atoms with Crippen molar-refractivity contribution in [2.24, 2.45) is 11.3 Å². The topological polar surface area (TPSA) is 37.3 Å². The highest BCUT2D eigenvalue weighted by atomic mass is 16.4. The molecule has 1 atom stereocenters. The van der Waals surface area contributed by atoms with E-state index in [0.29, 0.717) is 0 Å². The monoisotopic (exact) mass is 593 g/mol. The lowest BCUT2D eigenvalue weighted by Gasteiger charge is -2.31. The van der Waals surface area contributed by atoms with Crippen molar-refractivity contribution in [1.82, 2.24) is 0 Å². The molecule has 0 rings (SSSR count). The first-order valence-corrected chi connectivity index (χ1v) is 19.7. The number of carbonyl (C=O) groups is 1. The number of aliphatic carboxylic acids is 1. The maximum atomic E-state index is 12.1. The van der Waals surface area contributed by atoms with Crippen LogP contribution in [0.1, 0.15) is 240 Å². The summed E-state index contributed by atoms with van der Waals surface area (Å²) in [6, 6.07) is 0. The van der Waals surface area contributed by atoms with E-state index in [0.717, 1.165) is 19.3 Å². The van der Waals surface area contributed by atoms with Crippen molar-refractivity contribution in [2.45, 2.75) is 240 Å². The van der Waals surface area contributed by atoms with Crippen LogP contribution < -0.4 is 0 Å². The summed E-state index contributed by atoms with van der Waals surface area (Å²) in [5, 5.41) is 9.96. The van der Waals surface area contributed by atoms with Gasteiger partial charge in [-0.15, -0.1) is 0 Å². The Morgan fingerprint density at radius 1 is 0.429 bits per heavy atom. The van der Waals surface area contributed by atoms with Crippen LogP contribution in [-0.4, -0.2) is 11.1 Å². The molecule has 0 aromatic rings. The lowest BCUT2D eigenvalue weighted by Crippen LogP contribution is -2.31. The lowest BCUT2D eigenvalue weighted by atomic mass is 9.72. The molecule has 252 valence electrons. The van der Waals surface area contributed by atoms with Gasteiger partial charge in [-0.05, 0) is 18.3 Å². The highest BCUT2D eigenvalue weighted by Gasteiger charge is 2.34. The van der Waals surface area contributed by atoms with Gasteiger partial charge < -0.3 is 5.11 Å². The molecule has 0 aliphatic rings. The second kappa shape index (κ2) is 31.9. The molecule has 0 aliphatic carbocycles. The molecular formula is C40H80O2. The van der Waals surface area contributed by atoms with Gasteiger partial charge in [-0.2, -0.15) is 0 Å². The van der Waals surface area contributed by atoms with Crippen molar-refractivity contribution in [1.29, 1.82) is 0 Å². The maximum Gasteiger partial charge on any atom is 0.307 e. The van der Waals surface area contributed by atoms with E-state index < -0.39 is 5.97 Å². The molecular weight excluding hydrogens is 512 g/mol. The van der Waals surface area contributed by atoms with Crippen LogP contribution in [0, 0.1) is 11.3 Å². The second-order valence-electron chi connectivity index (χ2n) is 14.7. The minimum atomic E-state index is -0.568. The molecule has 0 spiro atoms. The van der Waals surface area contributed by atoms with Crippen LogP contribution in [0.4, 0.5) is 0 Å². The summed E-state index contributed by atoms with van der Waals surface area (Å²) in [6.45, 7) is 9.00. The fourth-order valence-electron chi connectivity index (χ4n) is 6.87. The van der Waals surface area contributed by atoms with Gasteiger partial charge in [0.1, 0.15) is 0 Å². The molecule has 2 nitrogen and oxygen atoms in total. The molecule has 2 heteroatoms. The van der Waals surface area contributed by atoms with Crippen molar-refractivity contribution < 1.29 is 9.90 Å². The quantitative estimate of drug-likeness (QED) is 0.0743. The summed E-state index contributed by atoms with van der Waals surface area (Å²) in [7, 11) is 0. The number of unbranched alkanes of at least 4 members (excludes halogenated alkanes) is 29. The molecule has 0 aliphatic heterocycles. The van der Waals surface area contributed by atoms with Crippen LogP contribution >= 0.6 is 0 Å². The summed E-state index contributed by atoms with van der Waals surface area (Å²) in [5.41, 5.74) is -0.0854. The summed E-state index contributed by atoms with van der Waals surface area (Å²) >= 11 is 0. The third kappa shape index (κ3) is 28.3. The molecule has 0 heterocycles. The van der Waals surface area contributed by atoms with E-state index in [9.17, 15) is 9.90 Å². The summed E-state index contributed by atoms with van der Waals surface area (Å²) in [4.78, 5) is 12.1. The molecule has 0 bridgehead atoms. The molecule has 1 N–H and O–H groups in total. The van der Waals surface area contributed by atoms with Crippen LogP contribution in [0.15, 0.2) is 0 Å². The van der Waals surface area contributed by atoms with Crippen molar-refractivity contribution in [3.05, 3.63) is 0 Å². The Hall–Kier alpha value is -0.530. The van der Waals surface area contributed by atoms with Gasteiger partial charge in [0.25, 0.3) is 0 Å². The first-order chi connectivity index (χ1) is 20.5. The van der Waals surface area contributed by atoms with E-state index in [1.165, 1.54) is 193 Å². The van der Waals surface area contributed by atoms with Crippen molar-refractivity contribution in [3.63, 3.8) is 0 Å². The molecule has 1 unspecified atom stereocenters. The van der Waals surface area contributed by atoms with Crippen LogP contribution in [0.5, 0.6) is 0 Å². The molecule has 0 saturated carbocycles. The molecule has 0 aromatic carbocycles. The Morgan fingerprint density at radius 3 is 0.929 bits per heavy atom. The average molecular weight is 593 g/mol. The standard InChI is InChI=1S/C40H80O2/c1-5-7-9-11-13-15-17-19-21-22-24-26-28-30-32-34-36-38(39(41)42)40(3,4)37-35-33-31-29-27-25-23-20-18-16-14-12-10-8-6-2/h38H,5-37H2,1-4H3,(H,41,42). The first kappa shape index (κ1) is 41.5. The zero-order valence-electron chi connectivity index (χ0n) is 29.8. The highest BCUT2D eigenvalue weighted by Crippen LogP contribution is 2.36. The smallest absolute Gasteiger partial charge is 0.307 e. The van der Waals surface area contributed by atoms with Gasteiger partial charge in [0.2, 0.25) is 0 Å². The SMILES string of the molecule is CCCCCCCCCCCCCCCCCCC(C(=O)O)C(C)(C)CCCCCCCCCCCCCCCCC. The van der Waals surface area contributed by atoms with Crippen LogP contribution in [-0.2, 0) is 4.79 Å². The summed E-state index contributed by atoms with van der Waals surface area (Å²) in [5.74, 6) is -0.752. The van der Waals surface area contributed by atoms with E-state index in [1.54, 1.807) is 0 Å². The average Bonchev–Trinajstić information content (AvgIpc) is 2.96. The minimum Gasteiger partial charge on any atom is -0.481 e. The Bertz CT molecular complexity index is 540. The number of carboxylic acids is 1. The molecule has 0 aromatic heterocycles. The van der Waals surface area contributed by atoms with Crippen molar-refractivity contribution in [2.75, 3.05) is 0 Å². The van der Waals surface area contributed by atoms with Crippen LogP contribution in [0.2, 0.25) is 0 Å². The predicted molar refractivity (Wildman–Crippen MR) is 189 cm³/mol. The Balaban J connectivity index is 3.65. The molecule has 0 radical (unpaired) electrons. The van der Waals surface area contributed by atoms with Crippen LogP contribution in [0.25, 0.3) is 0 Å². The first-order valence-electron chi connectivity index (χ1n) is 19.7. The summed E-state index contributed by atoms with van der Waals surface area (Å²) < 4.78 is 0. The number of carboxylic acid groups (broad SMARTS) is 1. The zero-order valence-corrected chi connectivity index (χ0v) is 29.8. The molecule has 0 saturated heterocycles. The Morgan fingerprint density at radius 2 is 0.667 bits per heavy atom. The number of hydrogen-bond donors (Lipinski definition) is 1. The number of rotatable bonds is 35. The lowest BCUT2D eigenvalue weighted by molar-refractivity contribution is -0.146. The van der Waals surface area contributed by atoms with Gasteiger partial charge in [-0.25, -0.2) is 0 Å². The minimum absolute atomic E-state index is 0.0854. The van der Waals surface area contributed by atoms with Gasteiger partial charge in [0, 0.05) is 0 Å². The van der Waals surface area contributed by atoms with Gasteiger partial charge in [0.05, 0.1) is 5.92 Å². The molecule has 42 heavy (non-hydrogen) atoms. The highest BCUT2D eigenvalue weighted by molar-refractivity contribution is 5.70. The van der Waals surface area contributed by atoms with E-state index in [-0.39, 0.29) is 11.3 Å². The van der Waals surface area contributed by atoms with Crippen LogP contribution in [0.3, 0.4) is 0 Å². The Labute approximate surface area is 266 Å². The zero-order chi connectivity index (χ0) is 31.0. The third-order valence-electron chi connectivity index (χ3n) is 10.0. The predicted octanol–water partition coefficient (Wildman–Crippen LogP) is 14.6. The maximum absolute atomic E-state index is 12.1. The van der Waals surface area contributed by atoms with E-state index in [1.807, 2.05) is 0 Å². The van der Waals surface area contributed by atoms with E-state index in [4.69, 9.17) is 0 Å². The van der Waals surface area contributed by atoms with Gasteiger partial charge in [-0.1, -0.05) is 227 Å². The third-order valence-corrected chi connectivity index (χ3v) is 10.0. The van der Waals surface area contributed by atoms with Gasteiger partial charge in [0.15, 0.2) is 0 Å². The second-order valence-corrected chi connectivity index (χ2v) is 14.7. The fraction of sp³-hybridized carbons (Fsp3) is 0.975. The van der Waals surface area contributed by atoms with E-state index in [2.05, 4.69) is 27.7 Å². The molecule has 0 fully saturated rings. The van der Waals surface area contributed by atoms with Crippen molar-refractivity contribution >= 4 is 5.97 Å².